The zero-order valence-corrected chi connectivity index (χ0v) is 13.3. The third-order valence-electron chi connectivity index (χ3n) is 2.36. The van der Waals surface area contributed by atoms with Crippen LogP contribution in [0.5, 0.6) is 0 Å². The number of hydrogen-bond donors (Lipinski definition) is 1. The second-order valence-electron chi connectivity index (χ2n) is 3.40. The van der Waals surface area contributed by atoms with E-state index in [2.05, 4.69) is 57.8 Å². The van der Waals surface area contributed by atoms with Gasteiger partial charge in [0.15, 0.2) is 3.23 Å². The molecule has 1 amide bonds. The van der Waals surface area contributed by atoms with Gasteiger partial charge in [0.2, 0.25) is 0 Å². The van der Waals surface area contributed by atoms with Crippen molar-refractivity contribution in [2.75, 3.05) is 12.4 Å². The second-order valence-corrected chi connectivity index (χ2v) is 7.70. The molecule has 1 heterocycles. The lowest BCUT2D eigenvalue weighted by atomic mass is 10.1. The van der Waals surface area contributed by atoms with E-state index in [9.17, 15) is 9.59 Å². The molecule has 0 spiro atoms. The average molecular weight is 428 g/mol. The van der Waals surface area contributed by atoms with E-state index in [0.29, 0.717) is 21.3 Å². The van der Waals surface area contributed by atoms with E-state index in [1.54, 1.807) is 12.1 Å². The maximum absolute atomic E-state index is 11.7. The van der Waals surface area contributed by atoms with E-state index < -0.39 is 9.20 Å². The predicted octanol–water partition coefficient (Wildman–Crippen LogP) is 3.13. The van der Waals surface area contributed by atoms with Crippen molar-refractivity contribution in [3.63, 3.8) is 0 Å². The Balaban J connectivity index is 2.60. The van der Waals surface area contributed by atoms with Gasteiger partial charge in [0.25, 0.3) is 5.91 Å². The van der Waals surface area contributed by atoms with Crippen LogP contribution in [0.4, 0.5) is 5.69 Å². The van der Waals surface area contributed by atoms with Crippen LogP contribution in [-0.4, -0.2) is 19.0 Å². The van der Waals surface area contributed by atoms with Gasteiger partial charge in [-0.3, -0.25) is 4.79 Å². The van der Waals surface area contributed by atoms with E-state index >= 15 is 0 Å². The fourth-order valence-electron chi connectivity index (χ4n) is 1.57. The van der Waals surface area contributed by atoms with Crippen LogP contribution in [-0.2, 0) is 12.8 Å². The van der Waals surface area contributed by atoms with Crippen molar-refractivity contribution in [3.05, 3.63) is 27.7 Å². The van der Waals surface area contributed by atoms with Crippen LogP contribution >= 0.6 is 47.8 Å². The molecule has 0 fully saturated rings. The van der Waals surface area contributed by atoms with Crippen molar-refractivity contribution in [1.29, 1.82) is 0 Å². The number of carbonyl (C=O) groups is 2. The number of rotatable bonds is 1. The molecule has 0 saturated heterocycles. The summed E-state index contributed by atoms with van der Waals surface area (Å²) in [5, 5.41) is 2.68. The Morgan fingerprint density at radius 3 is 2.65 bits per heavy atom. The van der Waals surface area contributed by atoms with Crippen molar-refractivity contribution in [3.8, 4) is 0 Å². The Bertz CT molecular complexity index is 528. The SMILES string of the molecule is COC(=O)c1cc(Br)c2c(c1)NC(=O)C2(Br)Br. The highest BCUT2D eigenvalue weighted by Gasteiger charge is 2.44. The number of carbonyl (C=O) groups excluding carboxylic acids is 2. The van der Waals surface area contributed by atoms with Gasteiger partial charge in [0.05, 0.1) is 12.7 Å². The van der Waals surface area contributed by atoms with Crippen molar-refractivity contribution < 1.29 is 14.3 Å². The molecule has 0 aromatic heterocycles. The first-order valence-corrected chi connectivity index (χ1v) is 6.87. The first-order chi connectivity index (χ1) is 7.87. The van der Waals surface area contributed by atoms with Gasteiger partial charge in [-0.2, -0.15) is 0 Å². The summed E-state index contributed by atoms with van der Waals surface area (Å²) < 4.78 is 4.31. The van der Waals surface area contributed by atoms with Gasteiger partial charge < -0.3 is 10.1 Å². The molecule has 0 saturated carbocycles. The number of esters is 1. The fraction of sp³-hybridized carbons (Fsp3) is 0.200. The zero-order valence-electron chi connectivity index (χ0n) is 8.51. The molecule has 2 rings (SSSR count). The van der Waals surface area contributed by atoms with Crippen LogP contribution in [0.2, 0.25) is 0 Å². The molecule has 0 atom stereocenters. The lowest BCUT2D eigenvalue weighted by Crippen LogP contribution is -2.20. The van der Waals surface area contributed by atoms with Crippen LogP contribution in [0.25, 0.3) is 0 Å². The van der Waals surface area contributed by atoms with Gasteiger partial charge in [-0.15, -0.1) is 0 Å². The molecule has 1 aromatic rings. The molecule has 90 valence electrons. The number of nitrogens with one attached hydrogen (secondary N) is 1. The molecular weight excluding hydrogens is 422 g/mol. The van der Waals surface area contributed by atoms with E-state index in [0.717, 1.165) is 0 Å². The Kier molecular flexibility index (Phi) is 3.35. The van der Waals surface area contributed by atoms with Gasteiger partial charge in [0, 0.05) is 15.7 Å². The van der Waals surface area contributed by atoms with Crippen LogP contribution in [0.1, 0.15) is 15.9 Å². The lowest BCUT2D eigenvalue weighted by Gasteiger charge is -2.13. The summed E-state index contributed by atoms with van der Waals surface area (Å²) in [5.74, 6) is -0.695. The summed E-state index contributed by atoms with van der Waals surface area (Å²) in [6, 6.07) is 3.19. The van der Waals surface area contributed by atoms with E-state index in [-0.39, 0.29) is 5.91 Å². The zero-order chi connectivity index (χ0) is 12.8. The van der Waals surface area contributed by atoms with E-state index in [1.165, 1.54) is 7.11 Å². The molecule has 0 unspecified atom stereocenters. The van der Waals surface area contributed by atoms with Crippen molar-refractivity contribution in [1.82, 2.24) is 0 Å². The van der Waals surface area contributed by atoms with Gasteiger partial charge in [-0.05, 0) is 12.1 Å². The van der Waals surface area contributed by atoms with Crippen molar-refractivity contribution >= 4 is 65.4 Å². The number of benzene rings is 1. The number of amides is 1. The molecule has 4 nitrogen and oxygen atoms in total. The maximum Gasteiger partial charge on any atom is 0.337 e. The third kappa shape index (κ3) is 2.04. The number of alkyl halides is 2. The highest BCUT2D eigenvalue weighted by molar-refractivity contribution is 9.25. The highest BCUT2D eigenvalue weighted by atomic mass is 79.9. The minimum Gasteiger partial charge on any atom is -0.465 e. The third-order valence-corrected chi connectivity index (χ3v) is 4.50. The summed E-state index contributed by atoms with van der Waals surface area (Å²) in [5.41, 5.74) is 1.64. The number of hydrogen-bond acceptors (Lipinski definition) is 3. The van der Waals surface area contributed by atoms with E-state index in [1.807, 2.05) is 0 Å². The predicted molar refractivity (Wildman–Crippen MR) is 73.6 cm³/mol. The lowest BCUT2D eigenvalue weighted by molar-refractivity contribution is -0.115. The molecular formula is C10H6Br3NO3. The molecule has 1 aromatic carbocycles. The quantitative estimate of drug-likeness (QED) is 0.553. The molecule has 0 bridgehead atoms. The molecule has 1 N–H and O–H groups in total. The normalized spacial score (nSPS) is 16.4. The molecule has 17 heavy (non-hydrogen) atoms. The number of methoxy groups -OCH3 is 1. The van der Waals surface area contributed by atoms with Crippen LogP contribution in [0.3, 0.4) is 0 Å². The summed E-state index contributed by atoms with van der Waals surface area (Å²) >= 11 is 9.93. The monoisotopic (exact) mass is 425 g/mol. The summed E-state index contributed by atoms with van der Waals surface area (Å²) in [6.07, 6.45) is 0. The van der Waals surface area contributed by atoms with Crippen LogP contribution < -0.4 is 5.32 Å². The summed E-state index contributed by atoms with van der Waals surface area (Å²) in [4.78, 5) is 23.1. The van der Waals surface area contributed by atoms with Crippen molar-refractivity contribution in [2.24, 2.45) is 0 Å². The van der Waals surface area contributed by atoms with Gasteiger partial charge >= 0.3 is 5.97 Å². The second kappa shape index (κ2) is 4.37. The molecule has 1 aliphatic rings. The highest BCUT2D eigenvalue weighted by Crippen LogP contribution is 2.50. The standard InChI is InChI=1S/C10H6Br3NO3/c1-17-8(15)4-2-5(11)7-6(3-4)14-9(16)10(7,12)13/h2-3H,1H3,(H,14,16). The molecule has 7 heteroatoms. The minimum atomic E-state index is -0.969. The summed E-state index contributed by atoms with van der Waals surface area (Å²) in [7, 11) is 1.31. The molecule has 0 aliphatic carbocycles. The smallest absolute Gasteiger partial charge is 0.337 e. The largest absolute Gasteiger partial charge is 0.465 e. The van der Waals surface area contributed by atoms with E-state index in [4.69, 9.17) is 0 Å². The molecule has 0 radical (unpaired) electrons. The minimum absolute atomic E-state index is 0.241. The van der Waals surface area contributed by atoms with Crippen LogP contribution in [0, 0.1) is 0 Å². The first-order valence-electron chi connectivity index (χ1n) is 4.49. The van der Waals surface area contributed by atoms with Gasteiger partial charge in [-0.1, -0.05) is 47.8 Å². The van der Waals surface area contributed by atoms with Crippen LogP contribution in [0.15, 0.2) is 16.6 Å². The van der Waals surface area contributed by atoms with Crippen molar-refractivity contribution in [2.45, 2.75) is 3.23 Å². The van der Waals surface area contributed by atoms with Gasteiger partial charge in [0.1, 0.15) is 0 Å². The number of anilines is 1. The number of halogens is 3. The number of fused-ring (bicyclic) bond motifs is 1. The Labute approximate surface area is 122 Å². The molecule has 1 aliphatic heterocycles. The topological polar surface area (TPSA) is 55.4 Å². The van der Waals surface area contributed by atoms with Gasteiger partial charge in [-0.25, -0.2) is 4.79 Å². The Hall–Kier alpha value is -0.400. The maximum atomic E-state index is 11.7. The number of ether oxygens (including phenoxy) is 1. The Morgan fingerprint density at radius 1 is 1.41 bits per heavy atom. The first kappa shape index (κ1) is 13.0. The fourth-order valence-corrected chi connectivity index (χ4v) is 3.92. The average Bonchev–Trinajstić information content (AvgIpc) is 2.48. The summed E-state index contributed by atoms with van der Waals surface area (Å²) in [6.45, 7) is 0. The Morgan fingerprint density at radius 2 is 2.06 bits per heavy atom.